The Balaban J connectivity index is 1.93. The van der Waals surface area contributed by atoms with Crippen LogP contribution in [0.5, 0.6) is 11.5 Å². The minimum absolute atomic E-state index is 0.360. The molecule has 0 aliphatic heterocycles. The summed E-state index contributed by atoms with van der Waals surface area (Å²) in [5, 5.41) is 4.05. The molecule has 0 aliphatic rings. The summed E-state index contributed by atoms with van der Waals surface area (Å²) in [6.07, 6.45) is 0. The van der Waals surface area contributed by atoms with Gasteiger partial charge in [0.05, 0.1) is 0 Å². The molecule has 2 aromatic carbocycles. The van der Waals surface area contributed by atoms with Gasteiger partial charge in [-0.3, -0.25) is 0 Å². The topological polar surface area (TPSA) is 57.4 Å². The van der Waals surface area contributed by atoms with Crippen molar-refractivity contribution in [3.63, 3.8) is 0 Å². The van der Waals surface area contributed by atoms with Crippen molar-refractivity contribution < 1.29 is 33.9 Å². The van der Waals surface area contributed by atoms with E-state index in [0.29, 0.717) is 18.3 Å². The van der Waals surface area contributed by atoms with E-state index in [1.165, 1.54) is 0 Å². The molecule has 23 heavy (non-hydrogen) atoms. The molecular weight excluding hydrogens is 407 g/mol. The third kappa shape index (κ3) is 3.64. The number of aromatic nitrogens is 2. The van der Waals surface area contributed by atoms with Crippen molar-refractivity contribution in [1.82, 2.24) is 10.1 Å². The maximum atomic E-state index is 5.74. The van der Waals surface area contributed by atoms with Crippen LogP contribution in [0, 0.1) is 0 Å². The Morgan fingerprint density at radius 2 is 1.87 bits per heavy atom. The summed E-state index contributed by atoms with van der Waals surface area (Å²) in [6.45, 7) is 2.54. The van der Waals surface area contributed by atoms with Crippen LogP contribution in [0.15, 0.2) is 53.1 Å². The van der Waals surface area contributed by atoms with Crippen LogP contribution in [0.2, 0.25) is 0 Å². The molecule has 0 amide bonds. The molecule has 1 heterocycles. The van der Waals surface area contributed by atoms with Crippen LogP contribution in [0.25, 0.3) is 22.8 Å². The molecule has 5 nitrogen and oxygen atoms in total. The second kappa shape index (κ2) is 7.45. The number of ether oxygens (including phenoxy) is 1. The van der Waals surface area contributed by atoms with E-state index in [-0.39, 0.29) is 21.6 Å². The molecule has 0 fully saturated rings. The van der Waals surface area contributed by atoms with Gasteiger partial charge in [-0.1, -0.05) is 0 Å². The maximum absolute atomic E-state index is 5.74. The fourth-order valence-electron chi connectivity index (χ4n) is 2.10. The van der Waals surface area contributed by atoms with Gasteiger partial charge in [0.25, 0.3) is 0 Å². The second-order valence-corrected chi connectivity index (χ2v) is 5.94. The Morgan fingerprint density at radius 3 is 2.61 bits per heavy atom. The number of halogens is 1. The Labute approximate surface area is 145 Å². The second-order valence-electron chi connectivity index (χ2n) is 4.62. The zero-order chi connectivity index (χ0) is 16.1. The number of alkyl halides is 1. The van der Waals surface area contributed by atoms with Crippen molar-refractivity contribution in [3.05, 3.63) is 48.5 Å². The monoisotopic (exact) mass is 423 g/mol. The van der Waals surface area contributed by atoms with Gasteiger partial charge < -0.3 is 0 Å². The molecule has 6 heteroatoms. The molecule has 0 saturated heterocycles. The van der Waals surface area contributed by atoms with E-state index in [2.05, 4.69) is 10.1 Å². The standard InChI is InChI=1S/C17H16IN2O3/c1-3-21-14-10-9-13(11-15(14)22-18-2)17-19-16(20-23-17)12-7-5-4-6-8-12/h4-11H,3H2,1-2H3/q-1. The van der Waals surface area contributed by atoms with Gasteiger partial charge in [0.2, 0.25) is 0 Å². The van der Waals surface area contributed by atoms with E-state index in [0.717, 1.165) is 22.6 Å². The van der Waals surface area contributed by atoms with E-state index in [4.69, 9.17) is 12.3 Å². The fraction of sp³-hybridized carbons (Fsp3) is 0.176. The molecule has 0 saturated carbocycles. The van der Waals surface area contributed by atoms with Crippen LogP contribution in [-0.4, -0.2) is 21.7 Å². The molecule has 0 atom stereocenters. The Morgan fingerprint density at radius 1 is 1.04 bits per heavy atom. The minimum atomic E-state index is -0.360. The Kier molecular flexibility index (Phi) is 5.12. The van der Waals surface area contributed by atoms with Gasteiger partial charge in [-0.15, -0.1) is 0 Å². The summed E-state index contributed by atoms with van der Waals surface area (Å²) in [5.74, 6) is 2.49. The first-order valence-corrected chi connectivity index (χ1v) is 10.2. The SMILES string of the molecule is CCOc1ccc(-c2nc(-c3ccccc3)no2)cc1O[I-]C. The van der Waals surface area contributed by atoms with Gasteiger partial charge in [0.1, 0.15) is 0 Å². The third-order valence-corrected chi connectivity index (χ3v) is 4.02. The van der Waals surface area contributed by atoms with Crippen LogP contribution in [0.4, 0.5) is 0 Å². The van der Waals surface area contributed by atoms with Gasteiger partial charge in [-0.2, -0.15) is 0 Å². The predicted molar refractivity (Wildman–Crippen MR) is 82.9 cm³/mol. The van der Waals surface area contributed by atoms with E-state index in [1.54, 1.807) is 0 Å². The van der Waals surface area contributed by atoms with Crippen LogP contribution in [0.3, 0.4) is 0 Å². The van der Waals surface area contributed by atoms with Crippen LogP contribution >= 0.6 is 0 Å². The van der Waals surface area contributed by atoms with Crippen molar-refractivity contribution in [2.75, 3.05) is 11.5 Å². The van der Waals surface area contributed by atoms with E-state index in [1.807, 2.05) is 60.4 Å². The van der Waals surface area contributed by atoms with Gasteiger partial charge in [0.15, 0.2) is 0 Å². The third-order valence-electron chi connectivity index (χ3n) is 3.11. The Hall–Kier alpha value is -2.09. The molecule has 0 unspecified atom stereocenters. The molecule has 0 N–H and O–H groups in total. The van der Waals surface area contributed by atoms with Crippen LogP contribution in [-0.2, 0) is 0 Å². The fourth-order valence-corrected chi connectivity index (χ4v) is 2.92. The van der Waals surface area contributed by atoms with Crippen molar-refractivity contribution >= 4 is 0 Å². The van der Waals surface area contributed by atoms with Crippen molar-refractivity contribution in [2.45, 2.75) is 6.92 Å². The van der Waals surface area contributed by atoms with Gasteiger partial charge in [-0.05, 0) is 0 Å². The quantitative estimate of drug-likeness (QED) is 0.434. The van der Waals surface area contributed by atoms with Crippen LogP contribution in [0.1, 0.15) is 6.92 Å². The molecule has 0 radical (unpaired) electrons. The average molecular weight is 423 g/mol. The molecule has 120 valence electrons. The van der Waals surface area contributed by atoms with E-state index >= 15 is 0 Å². The molecule has 0 spiro atoms. The zero-order valence-corrected chi connectivity index (χ0v) is 15.0. The summed E-state index contributed by atoms with van der Waals surface area (Å²) in [7, 11) is 0. The number of hydrogen-bond acceptors (Lipinski definition) is 5. The zero-order valence-electron chi connectivity index (χ0n) is 12.8. The van der Waals surface area contributed by atoms with Crippen LogP contribution < -0.4 is 29.4 Å². The number of nitrogens with zero attached hydrogens (tertiary/aromatic N) is 2. The number of rotatable bonds is 6. The molecule has 0 aliphatic carbocycles. The number of benzene rings is 2. The Bertz CT molecular complexity index is 775. The average Bonchev–Trinajstić information content (AvgIpc) is 3.08. The summed E-state index contributed by atoms with van der Waals surface area (Å²) in [4.78, 5) is 6.51. The van der Waals surface area contributed by atoms with Crippen molar-refractivity contribution in [3.8, 4) is 34.3 Å². The molecule has 1 aromatic heterocycles. The van der Waals surface area contributed by atoms with E-state index in [9.17, 15) is 0 Å². The summed E-state index contributed by atoms with van der Waals surface area (Å²) in [6, 6.07) is 15.4. The normalized spacial score (nSPS) is 10.7. The first-order chi connectivity index (χ1) is 11.3. The molecular formula is C17H16IN2O3-. The van der Waals surface area contributed by atoms with Crippen molar-refractivity contribution in [2.24, 2.45) is 0 Å². The van der Waals surface area contributed by atoms with Gasteiger partial charge in [0, 0.05) is 0 Å². The first kappa shape index (κ1) is 15.8. The molecule has 0 bridgehead atoms. The number of hydrogen-bond donors (Lipinski definition) is 0. The molecule has 3 aromatic rings. The summed E-state index contributed by atoms with van der Waals surface area (Å²) < 4.78 is 16.7. The summed E-state index contributed by atoms with van der Waals surface area (Å²) in [5.41, 5.74) is 1.74. The predicted octanol–water partition coefficient (Wildman–Crippen LogP) is 0.815. The van der Waals surface area contributed by atoms with Gasteiger partial charge >= 0.3 is 145 Å². The molecule has 3 rings (SSSR count). The van der Waals surface area contributed by atoms with Gasteiger partial charge in [-0.25, -0.2) is 0 Å². The summed E-state index contributed by atoms with van der Waals surface area (Å²) >= 11 is -0.360. The van der Waals surface area contributed by atoms with E-state index < -0.39 is 0 Å². The first-order valence-electron chi connectivity index (χ1n) is 7.14. The van der Waals surface area contributed by atoms with Crippen molar-refractivity contribution in [1.29, 1.82) is 0 Å².